The van der Waals surface area contributed by atoms with Crippen LogP contribution in [0.3, 0.4) is 0 Å². The van der Waals surface area contributed by atoms with Gasteiger partial charge in [-0.05, 0) is 12.8 Å². The third-order valence-corrected chi connectivity index (χ3v) is 3.83. The summed E-state index contributed by atoms with van der Waals surface area (Å²) >= 11 is 11.7. The lowest BCUT2D eigenvalue weighted by molar-refractivity contribution is 0.0381. The molecular weight excluding hydrogens is 273 g/mol. The van der Waals surface area contributed by atoms with E-state index in [1.54, 1.807) is 6.07 Å². The van der Waals surface area contributed by atoms with E-state index in [1.165, 1.54) is 12.8 Å². The Kier molecular flexibility index (Phi) is 4.65. The molecule has 2 N–H and O–H groups in total. The number of aromatic nitrogens is 2. The number of hydrogen-bond donors (Lipinski definition) is 2. The molecule has 0 spiro atoms. The topological polar surface area (TPSA) is 58.0 Å². The van der Waals surface area contributed by atoms with E-state index in [2.05, 4.69) is 15.5 Å². The van der Waals surface area contributed by atoms with Crippen LogP contribution in [0.15, 0.2) is 6.07 Å². The molecule has 1 aliphatic rings. The van der Waals surface area contributed by atoms with Crippen molar-refractivity contribution in [2.45, 2.75) is 44.1 Å². The van der Waals surface area contributed by atoms with Crippen LogP contribution in [-0.4, -0.2) is 27.4 Å². The monoisotopic (exact) mass is 289 g/mol. The van der Waals surface area contributed by atoms with E-state index in [0.717, 1.165) is 25.7 Å². The van der Waals surface area contributed by atoms with Crippen LogP contribution in [0.2, 0.25) is 10.3 Å². The Labute approximate surface area is 117 Å². The van der Waals surface area contributed by atoms with Crippen LogP contribution in [-0.2, 0) is 0 Å². The Bertz CT molecular complexity index is 406. The van der Waals surface area contributed by atoms with Crippen molar-refractivity contribution in [2.24, 2.45) is 0 Å². The molecule has 100 valence electrons. The molecule has 1 aliphatic carbocycles. The Hall–Kier alpha value is -0.580. The maximum absolute atomic E-state index is 10.5. The number of rotatable bonds is 3. The summed E-state index contributed by atoms with van der Waals surface area (Å²) in [5.74, 6) is 0. The zero-order valence-corrected chi connectivity index (χ0v) is 11.6. The molecule has 0 aromatic carbocycles. The summed E-state index contributed by atoms with van der Waals surface area (Å²) in [6, 6.07) is 1.62. The average Bonchev–Trinajstić information content (AvgIpc) is 2.56. The van der Waals surface area contributed by atoms with Gasteiger partial charge in [-0.1, -0.05) is 48.9 Å². The van der Waals surface area contributed by atoms with Crippen molar-refractivity contribution < 1.29 is 5.11 Å². The zero-order chi connectivity index (χ0) is 13.0. The Morgan fingerprint density at radius 3 is 2.50 bits per heavy atom. The van der Waals surface area contributed by atoms with Crippen LogP contribution in [0.1, 0.15) is 38.5 Å². The van der Waals surface area contributed by atoms with E-state index in [4.69, 9.17) is 23.2 Å². The number of halogens is 2. The van der Waals surface area contributed by atoms with Crippen LogP contribution in [0.5, 0.6) is 0 Å². The van der Waals surface area contributed by atoms with Crippen LogP contribution >= 0.6 is 23.2 Å². The first-order chi connectivity index (χ1) is 8.59. The number of nitrogens with zero attached hydrogens (tertiary/aromatic N) is 2. The molecule has 18 heavy (non-hydrogen) atoms. The molecular formula is C12H17Cl2N3O. The predicted octanol–water partition coefficient (Wildman–Crippen LogP) is 3.28. The maximum atomic E-state index is 10.5. The molecule has 6 heteroatoms. The highest BCUT2D eigenvalue weighted by Crippen LogP contribution is 2.28. The van der Waals surface area contributed by atoms with Gasteiger partial charge in [-0.2, -0.15) is 0 Å². The molecule has 0 atom stereocenters. The van der Waals surface area contributed by atoms with Crippen LogP contribution < -0.4 is 5.32 Å². The minimum absolute atomic E-state index is 0.275. The fourth-order valence-electron chi connectivity index (χ4n) is 2.30. The summed E-state index contributed by atoms with van der Waals surface area (Å²) in [6.07, 6.45) is 6.19. The van der Waals surface area contributed by atoms with E-state index < -0.39 is 5.60 Å². The Morgan fingerprint density at radius 1 is 1.17 bits per heavy atom. The molecule has 0 aliphatic heterocycles. The lowest BCUT2D eigenvalue weighted by Crippen LogP contribution is -2.36. The van der Waals surface area contributed by atoms with Gasteiger partial charge in [0.15, 0.2) is 10.3 Å². The average molecular weight is 290 g/mol. The van der Waals surface area contributed by atoms with Crippen molar-refractivity contribution in [1.82, 2.24) is 10.2 Å². The van der Waals surface area contributed by atoms with Crippen molar-refractivity contribution >= 4 is 28.9 Å². The molecule has 1 saturated carbocycles. The largest absolute Gasteiger partial charge is 0.388 e. The second-order valence-electron chi connectivity index (χ2n) is 4.86. The minimum Gasteiger partial charge on any atom is -0.388 e. The van der Waals surface area contributed by atoms with Gasteiger partial charge < -0.3 is 10.4 Å². The molecule has 0 saturated heterocycles. The standard InChI is InChI=1S/C12H17Cl2N3O/c13-10-7-9(11(14)17-16-10)15-8-12(18)5-3-1-2-4-6-12/h7,18H,1-6,8H2,(H,15,16). The molecule has 0 radical (unpaired) electrons. The van der Waals surface area contributed by atoms with Crippen molar-refractivity contribution in [1.29, 1.82) is 0 Å². The summed E-state index contributed by atoms with van der Waals surface area (Å²) in [5.41, 5.74) is -0.0374. The Balaban J connectivity index is 1.99. The summed E-state index contributed by atoms with van der Waals surface area (Å²) in [7, 11) is 0. The number of aliphatic hydroxyl groups is 1. The van der Waals surface area contributed by atoms with E-state index in [1.807, 2.05) is 0 Å². The van der Waals surface area contributed by atoms with Gasteiger partial charge >= 0.3 is 0 Å². The zero-order valence-electron chi connectivity index (χ0n) is 10.1. The fourth-order valence-corrected chi connectivity index (χ4v) is 2.61. The van der Waals surface area contributed by atoms with Gasteiger partial charge in [0.25, 0.3) is 0 Å². The highest BCUT2D eigenvalue weighted by molar-refractivity contribution is 6.33. The second-order valence-corrected chi connectivity index (χ2v) is 5.61. The third-order valence-electron chi connectivity index (χ3n) is 3.36. The van der Waals surface area contributed by atoms with Crippen molar-refractivity contribution in [3.8, 4) is 0 Å². The van der Waals surface area contributed by atoms with Gasteiger partial charge in [-0.25, -0.2) is 0 Å². The lowest BCUT2D eigenvalue weighted by atomic mass is 9.94. The van der Waals surface area contributed by atoms with Crippen LogP contribution in [0.4, 0.5) is 5.69 Å². The third kappa shape index (κ3) is 3.70. The SMILES string of the molecule is OC1(CNc2cc(Cl)nnc2Cl)CCCCCC1. The molecule has 0 unspecified atom stereocenters. The van der Waals surface area contributed by atoms with Gasteiger partial charge in [0, 0.05) is 12.6 Å². The lowest BCUT2D eigenvalue weighted by Gasteiger charge is -2.27. The molecule has 4 nitrogen and oxygen atoms in total. The van der Waals surface area contributed by atoms with Crippen molar-refractivity contribution in [3.63, 3.8) is 0 Å². The van der Waals surface area contributed by atoms with Crippen LogP contribution in [0, 0.1) is 0 Å². The number of anilines is 1. The summed E-state index contributed by atoms with van der Waals surface area (Å²) in [4.78, 5) is 0. The van der Waals surface area contributed by atoms with Gasteiger partial charge in [-0.3, -0.25) is 0 Å². The first-order valence-electron chi connectivity index (χ1n) is 6.24. The number of hydrogen-bond acceptors (Lipinski definition) is 4. The van der Waals surface area contributed by atoms with Crippen molar-refractivity contribution in [2.75, 3.05) is 11.9 Å². The predicted molar refractivity (Wildman–Crippen MR) is 73.2 cm³/mol. The summed E-state index contributed by atoms with van der Waals surface area (Å²) < 4.78 is 0. The molecule has 1 heterocycles. The first kappa shape index (κ1) is 13.8. The number of nitrogens with one attached hydrogen (secondary N) is 1. The summed E-state index contributed by atoms with van der Waals surface area (Å²) in [5, 5.41) is 21.6. The second kappa shape index (κ2) is 6.04. The quantitative estimate of drug-likeness (QED) is 0.839. The highest BCUT2D eigenvalue weighted by Gasteiger charge is 2.27. The van der Waals surface area contributed by atoms with Crippen molar-refractivity contribution in [3.05, 3.63) is 16.4 Å². The highest BCUT2D eigenvalue weighted by atomic mass is 35.5. The molecule has 2 rings (SSSR count). The van der Waals surface area contributed by atoms with Gasteiger partial charge in [0.1, 0.15) is 0 Å². The molecule has 1 aromatic rings. The van der Waals surface area contributed by atoms with E-state index in [-0.39, 0.29) is 10.3 Å². The van der Waals surface area contributed by atoms with Gasteiger partial charge in [-0.15, -0.1) is 10.2 Å². The van der Waals surface area contributed by atoms with Crippen LogP contribution in [0.25, 0.3) is 0 Å². The maximum Gasteiger partial charge on any atom is 0.174 e. The normalized spacial score (nSPS) is 19.3. The van der Waals surface area contributed by atoms with E-state index in [0.29, 0.717) is 12.2 Å². The summed E-state index contributed by atoms with van der Waals surface area (Å²) in [6.45, 7) is 0.467. The van der Waals surface area contributed by atoms with E-state index >= 15 is 0 Å². The smallest absolute Gasteiger partial charge is 0.174 e. The van der Waals surface area contributed by atoms with Gasteiger partial charge in [0.2, 0.25) is 0 Å². The fraction of sp³-hybridized carbons (Fsp3) is 0.667. The van der Waals surface area contributed by atoms with E-state index in [9.17, 15) is 5.11 Å². The Morgan fingerprint density at radius 2 is 1.83 bits per heavy atom. The molecule has 1 aromatic heterocycles. The van der Waals surface area contributed by atoms with Gasteiger partial charge in [0.05, 0.1) is 11.3 Å². The molecule has 0 bridgehead atoms. The first-order valence-corrected chi connectivity index (χ1v) is 7.00. The molecule has 1 fully saturated rings. The molecule has 0 amide bonds. The minimum atomic E-state index is -0.657.